The predicted molar refractivity (Wildman–Crippen MR) is 246 cm³/mol. The zero-order chi connectivity index (χ0) is 39.7. The smallest absolute Gasteiger partial charge is 0.0468 e. The molecule has 8 aromatic carbocycles. The monoisotopic (exact) mass is 740 g/mol. The van der Waals surface area contributed by atoms with Gasteiger partial charge in [0.05, 0.1) is 0 Å². The Labute approximate surface area is 339 Å². The molecule has 0 unspecified atom stereocenters. The van der Waals surface area contributed by atoms with Crippen molar-refractivity contribution in [2.24, 2.45) is 0 Å². The fourth-order valence-electron chi connectivity index (χ4n) is 9.06. The van der Waals surface area contributed by atoms with E-state index in [1.165, 1.54) is 54.9 Å². The van der Waals surface area contributed by atoms with Crippen LogP contribution in [0.15, 0.2) is 170 Å². The van der Waals surface area contributed by atoms with E-state index in [1.807, 2.05) is 0 Å². The Morgan fingerprint density at radius 1 is 0.368 bits per heavy atom. The molecule has 0 atom stereocenters. The maximum Gasteiger partial charge on any atom is 0.0468 e. The molecule has 0 bridgehead atoms. The summed E-state index contributed by atoms with van der Waals surface area (Å²) in [6.45, 7) is 18.5. The highest BCUT2D eigenvalue weighted by Gasteiger charge is 2.39. The van der Waals surface area contributed by atoms with Crippen LogP contribution in [0.2, 0.25) is 0 Å². The molecule has 0 spiro atoms. The van der Waals surface area contributed by atoms with E-state index < -0.39 is 0 Å². The van der Waals surface area contributed by atoms with Crippen LogP contribution in [-0.4, -0.2) is 0 Å². The van der Waals surface area contributed by atoms with Gasteiger partial charge in [-0.2, -0.15) is 0 Å². The van der Waals surface area contributed by atoms with E-state index in [1.54, 1.807) is 0 Å². The quantitative estimate of drug-likeness (QED) is 0.157. The zero-order valence-electron chi connectivity index (χ0n) is 34.6. The number of hydrogen-bond acceptors (Lipinski definition) is 2. The van der Waals surface area contributed by atoms with Gasteiger partial charge >= 0.3 is 0 Å². The number of rotatable bonds is 6. The lowest BCUT2D eigenvalue weighted by Crippen LogP contribution is -2.17. The Hall–Kier alpha value is -6.12. The Bertz CT molecular complexity index is 2750. The number of para-hydroxylation sites is 2. The van der Waals surface area contributed by atoms with Crippen LogP contribution in [0.4, 0.5) is 34.1 Å². The maximum atomic E-state index is 2.45. The summed E-state index contributed by atoms with van der Waals surface area (Å²) in [5.74, 6) is 0. The number of anilines is 6. The molecule has 8 aromatic rings. The van der Waals surface area contributed by atoms with E-state index in [4.69, 9.17) is 0 Å². The van der Waals surface area contributed by atoms with Crippen LogP contribution in [0, 0.1) is 0 Å². The molecule has 0 aromatic heterocycles. The van der Waals surface area contributed by atoms with Crippen molar-refractivity contribution in [1.29, 1.82) is 0 Å². The molecule has 0 saturated carbocycles. The molecule has 57 heavy (non-hydrogen) atoms. The molecule has 0 amide bonds. The van der Waals surface area contributed by atoms with Gasteiger partial charge in [-0.25, -0.2) is 0 Å². The van der Waals surface area contributed by atoms with E-state index in [9.17, 15) is 0 Å². The lowest BCUT2D eigenvalue weighted by Gasteiger charge is -2.29. The van der Waals surface area contributed by atoms with Crippen LogP contribution in [-0.2, 0) is 16.2 Å². The Morgan fingerprint density at radius 2 is 0.789 bits per heavy atom. The fourth-order valence-corrected chi connectivity index (χ4v) is 9.06. The molecule has 2 heteroatoms. The Balaban J connectivity index is 1.21. The predicted octanol–water partition coefficient (Wildman–Crippen LogP) is 15.8. The SMILES string of the molecule is CC(C)(C)c1ccc(N(c2ccccc2)c2ccc3c(c2)C(C)(C)c2c-3c3ccccc3c3cc(N(c4ccccc4)c4ccc(C(C)(C)C)cc4)ccc23)cc1. The molecular weight excluding hydrogens is 689 g/mol. The molecule has 0 heterocycles. The summed E-state index contributed by atoms with van der Waals surface area (Å²) >= 11 is 0. The van der Waals surface area contributed by atoms with Gasteiger partial charge in [0.15, 0.2) is 0 Å². The molecule has 0 saturated heterocycles. The third-order valence-corrected chi connectivity index (χ3v) is 12.1. The first kappa shape index (κ1) is 36.5. The van der Waals surface area contributed by atoms with Crippen LogP contribution in [0.25, 0.3) is 32.7 Å². The molecule has 0 radical (unpaired) electrons. The summed E-state index contributed by atoms with van der Waals surface area (Å²) < 4.78 is 0. The normalized spacial score (nSPS) is 13.4. The first-order chi connectivity index (χ1) is 27.3. The molecule has 2 nitrogen and oxygen atoms in total. The molecule has 1 aliphatic carbocycles. The van der Waals surface area contributed by atoms with Crippen LogP contribution >= 0.6 is 0 Å². The average Bonchev–Trinajstić information content (AvgIpc) is 3.45. The van der Waals surface area contributed by atoms with Crippen molar-refractivity contribution < 1.29 is 0 Å². The van der Waals surface area contributed by atoms with Crippen LogP contribution in [0.3, 0.4) is 0 Å². The van der Waals surface area contributed by atoms with Gasteiger partial charge in [0.25, 0.3) is 0 Å². The van der Waals surface area contributed by atoms with Gasteiger partial charge in [0, 0.05) is 39.5 Å². The molecule has 0 aliphatic heterocycles. The van der Waals surface area contributed by atoms with Crippen molar-refractivity contribution in [1.82, 2.24) is 0 Å². The number of hydrogen-bond donors (Lipinski definition) is 0. The summed E-state index contributed by atoms with van der Waals surface area (Å²) in [6, 6.07) is 63.1. The zero-order valence-corrected chi connectivity index (χ0v) is 34.6. The van der Waals surface area contributed by atoms with Gasteiger partial charge in [0.2, 0.25) is 0 Å². The first-order valence-electron chi connectivity index (χ1n) is 20.4. The lowest BCUT2D eigenvalue weighted by molar-refractivity contribution is 0.590. The van der Waals surface area contributed by atoms with E-state index in [0.29, 0.717) is 0 Å². The molecule has 0 N–H and O–H groups in total. The van der Waals surface area contributed by atoms with Crippen LogP contribution in [0.1, 0.15) is 77.6 Å². The Morgan fingerprint density at radius 3 is 1.30 bits per heavy atom. The largest absolute Gasteiger partial charge is 0.310 e. The fraction of sp³-hybridized carbons (Fsp3) is 0.200. The van der Waals surface area contributed by atoms with E-state index >= 15 is 0 Å². The molecule has 9 rings (SSSR count). The van der Waals surface area contributed by atoms with Gasteiger partial charge < -0.3 is 9.80 Å². The third-order valence-electron chi connectivity index (χ3n) is 12.1. The highest BCUT2D eigenvalue weighted by Crippen LogP contribution is 2.56. The second-order valence-corrected chi connectivity index (χ2v) is 18.3. The second kappa shape index (κ2) is 13.5. The van der Waals surface area contributed by atoms with Gasteiger partial charge in [-0.3, -0.25) is 0 Å². The van der Waals surface area contributed by atoms with Gasteiger partial charge in [-0.1, -0.05) is 152 Å². The minimum Gasteiger partial charge on any atom is -0.310 e. The van der Waals surface area contributed by atoms with Crippen LogP contribution < -0.4 is 9.80 Å². The number of fused-ring (bicyclic) bond motifs is 8. The van der Waals surface area contributed by atoms with Crippen molar-refractivity contribution >= 4 is 55.7 Å². The van der Waals surface area contributed by atoms with Crippen molar-refractivity contribution in [3.63, 3.8) is 0 Å². The lowest BCUT2D eigenvalue weighted by atomic mass is 9.79. The van der Waals surface area contributed by atoms with E-state index in [-0.39, 0.29) is 16.2 Å². The summed E-state index contributed by atoms with van der Waals surface area (Å²) in [6.07, 6.45) is 0. The molecule has 282 valence electrons. The highest BCUT2D eigenvalue weighted by molar-refractivity contribution is 6.19. The summed E-state index contributed by atoms with van der Waals surface area (Å²) in [4.78, 5) is 4.80. The van der Waals surface area contributed by atoms with E-state index in [0.717, 1.165) is 34.1 Å². The number of nitrogens with zero attached hydrogens (tertiary/aromatic N) is 2. The standard InChI is InChI=1S/C55H52N2/c1-53(2,3)37-23-27-41(28-24-37)56(39-17-11-9-12-18-39)43-31-33-47-49(35-43)45-21-15-16-22-46(45)51-48-34-32-44(36-50(48)55(7,8)52(47)51)57(40-19-13-10-14-20-40)42-29-25-38(26-30-42)54(4,5)6/h9-36H,1-8H3. The third kappa shape index (κ3) is 6.29. The van der Waals surface area contributed by atoms with Crippen molar-refractivity contribution in [2.75, 3.05) is 9.80 Å². The maximum absolute atomic E-state index is 2.45. The van der Waals surface area contributed by atoms with Gasteiger partial charge in [-0.15, -0.1) is 0 Å². The molecule has 1 aliphatic rings. The molecular formula is C55H52N2. The summed E-state index contributed by atoms with van der Waals surface area (Å²) in [7, 11) is 0. The molecule has 0 fully saturated rings. The van der Waals surface area contributed by atoms with E-state index in [2.05, 4.69) is 235 Å². The van der Waals surface area contributed by atoms with Crippen molar-refractivity contribution in [3.8, 4) is 11.1 Å². The number of benzene rings is 8. The van der Waals surface area contributed by atoms with Crippen molar-refractivity contribution in [2.45, 2.75) is 71.6 Å². The highest BCUT2D eigenvalue weighted by atomic mass is 15.1. The van der Waals surface area contributed by atoms with Crippen molar-refractivity contribution in [3.05, 3.63) is 192 Å². The minimum absolute atomic E-state index is 0.0844. The first-order valence-corrected chi connectivity index (χ1v) is 20.4. The minimum atomic E-state index is -0.245. The van der Waals surface area contributed by atoms with Crippen LogP contribution in [0.5, 0.6) is 0 Å². The average molecular weight is 741 g/mol. The topological polar surface area (TPSA) is 6.48 Å². The summed E-state index contributed by atoms with van der Waals surface area (Å²) in [5.41, 5.74) is 14.9. The van der Waals surface area contributed by atoms with Gasteiger partial charge in [-0.05, 0) is 139 Å². The summed E-state index contributed by atoms with van der Waals surface area (Å²) in [5, 5.41) is 5.17. The Kier molecular flexibility index (Phi) is 8.66. The van der Waals surface area contributed by atoms with Gasteiger partial charge in [0.1, 0.15) is 0 Å². The second-order valence-electron chi connectivity index (χ2n) is 18.3.